The summed E-state index contributed by atoms with van der Waals surface area (Å²) in [7, 11) is 0. The summed E-state index contributed by atoms with van der Waals surface area (Å²) in [6.07, 6.45) is 1.66. The van der Waals surface area contributed by atoms with E-state index in [2.05, 4.69) is 21.4 Å². The molecule has 1 N–H and O–H groups in total. The Morgan fingerprint density at radius 3 is 2.77 bits per heavy atom. The average molecular weight is 289 g/mol. The number of benzene rings is 1. The van der Waals surface area contributed by atoms with Crippen molar-refractivity contribution in [2.45, 2.75) is 6.04 Å². The van der Waals surface area contributed by atoms with E-state index in [0.717, 1.165) is 11.0 Å². The Morgan fingerprint density at radius 2 is 2.00 bits per heavy atom. The van der Waals surface area contributed by atoms with Gasteiger partial charge in [0, 0.05) is 6.20 Å². The molecule has 4 rings (SSSR count). The third-order valence-corrected chi connectivity index (χ3v) is 3.84. The smallest absolute Gasteiger partial charge is 0.246 e. The van der Waals surface area contributed by atoms with Gasteiger partial charge in [0.2, 0.25) is 11.9 Å². The Balaban J connectivity index is 2.03. The maximum atomic E-state index is 12.2. The molecule has 0 unspecified atom stereocenters. The molecule has 0 bridgehead atoms. The fourth-order valence-corrected chi connectivity index (χ4v) is 2.88. The zero-order chi connectivity index (χ0) is 15.1. The van der Waals surface area contributed by atoms with Gasteiger partial charge in [0.15, 0.2) is 5.92 Å². The Hall–Kier alpha value is -3.20. The van der Waals surface area contributed by atoms with Crippen LogP contribution in [0.5, 0.6) is 0 Å². The third-order valence-electron chi connectivity index (χ3n) is 3.84. The first kappa shape index (κ1) is 12.5. The first-order valence-electron chi connectivity index (χ1n) is 6.88. The molecule has 106 valence electrons. The molecule has 1 aliphatic heterocycles. The molecule has 3 heterocycles. The van der Waals surface area contributed by atoms with Crippen LogP contribution >= 0.6 is 0 Å². The minimum Gasteiger partial charge on any atom is -0.299 e. The SMILES string of the molecule is N#C[C@@H]1C(=O)Nc2nc3ccccc3n2[C@H]1c1ccccn1. The molecule has 6 nitrogen and oxygen atoms in total. The van der Waals surface area contributed by atoms with Crippen LogP contribution in [0.2, 0.25) is 0 Å². The van der Waals surface area contributed by atoms with Crippen molar-refractivity contribution in [3.63, 3.8) is 0 Å². The van der Waals surface area contributed by atoms with Crippen molar-refractivity contribution < 1.29 is 4.79 Å². The van der Waals surface area contributed by atoms with Crippen LogP contribution in [-0.2, 0) is 4.79 Å². The van der Waals surface area contributed by atoms with Gasteiger partial charge < -0.3 is 0 Å². The van der Waals surface area contributed by atoms with Crippen LogP contribution in [0.4, 0.5) is 5.95 Å². The quantitative estimate of drug-likeness (QED) is 0.743. The Bertz CT molecular complexity index is 909. The lowest BCUT2D eigenvalue weighted by Crippen LogP contribution is -2.37. The van der Waals surface area contributed by atoms with Crippen LogP contribution in [0.25, 0.3) is 11.0 Å². The van der Waals surface area contributed by atoms with Crippen molar-refractivity contribution in [3.8, 4) is 6.07 Å². The molecule has 1 aliphatic rings. The van der Waals surface area contributed by atoms with Gasteiger partial charge in [-0.2, -0.15) is 5.26 Å². The Kier molecular flexibility index (Phi) is 2.66. The zero-order valence-electron chi connectivity index (χ0n) is 11.5. The number of anilines is 1. The summed E-state index contributed by atoms with van der Waals surface area (Å²) < 4.78 is 1.88. The molecule has 1 aromatic carbocycles. The number of rotatable bonds is 1. The zero-order valence-corrected chi connectivity index (χ0v) is 11.5. The topological polar surface area (TPSA) is 83.6 Å². The molecule has 0 saturated carbocycles. The van der Waals surface area contributed by atoms with Crippen molar-refractivity contribution in [3.05, 3.63) is 54.4 Å². The van der Waals surface area contributed by atoms with E-state index in [1.165, 1.54) is 0 Å². The first-order valence-corrected chi connectivity index (χ1v) is 6.88. The number of pyridine rings is 1. The van der Waals surface area contributed by atoms with Crippen molar-refractivity contribution in [1.29, 1.82) is 5.26 Å². The van der Waals surface area contributed by atoms with Crippen molar-refractivity contribution >= 4 is 22.9 Å². The lowest BCUT2D eigenvalue weighted by molar-refractivity contribution is -0.119. The summed E-state index contributed by atoms with van der Waals surface area (Å²) in [5, 5.41) is 12.2. The largest absolute Gasteiger partial charge is 0.299 e. The van der Waals surface area contributed by atoms with Gasteiger partial charge in [-0.1, -0.05) is 18.2 Å². The highest BCUT2D eigenvalue weighted by Gasteiger charge is 2.39. The molecule has 0 aliphatic carbocycles. The van der Waals surface area contributed by atoms with E-state index in [9.17, 15) is 10.1 Å². The van der Waals surface area contributed by atoms with Gasteiger partial charge in [-0.3, -0.25) is 19.7 Å². The van der Waals surface area contributed by atoms with E-state index in [1.54, 1.807) is 12.3 Å². The lowest BCUT2D eigenvalue weighted by atomic mass is 9.94. The Morgan fingerprint density at radius 1 is 1.18 bits per heavy atom. The molecular formula is C16H11N5O. The maximum absolute atomic E-state index is 12.2. The van der Waals surface area contributed by atoms with E-state index in [4.69, 9.17) is 0 Å². The molecule has 0 saturated heterocycles. The summed E-state index contributed by atoms with van der Waals surface area (Å²) in [5.41, 5.74) is 2.32. The van der Waals surface area contributed by atoms with E-state index in [1.807, 2.05) is 41.0 Å². The summed E-state index contributed by atoms with van der Waals surface area (Å²) in [5.74, 6) is -0.741. The highest BCUT2D eigenvalue weighted by molar-refractivity contribution is 5.97. The number of hydrogen-bond acceptors (Lipinski definition) is 4. The molecule has 3 aromatic rings. The monoisotopic (exact) mass is 289 g/mol. The predicted octanol–water partition coefficient (Wildman–Crippen LogP) is 2.11. The predicted molar refractivity (Wildman–Crippen MR) is 79.8 cm³/mol. The standard InChI is InChI=1S/C16H11N5O/c17-9-10-14(12-6-3-4-8-18-12)21-13-7-2-1-5-11(13)19-16(21)20-15(10)22/h1-8,10,14H,(H,19,20,22)/t10-,14+/m0/s1. The van der Waals surface area contributed by atoms with Crippen LogP contribution in [0.1, 0.15) is 11.7 Å². The number of nitriles is 1. The van der Waals surface area contributed by atoms with Gasteiger partial charge in [0.25, 0.3) is 0 Å². The summed E-state index contributed by atoms with van der Waals surface area (Å²) >= 11 is 0. The normalized spacial score (nSPS) is 20.2. The lowest BCUT2D eigenvalue weighted by Gasteiger charge is -2.29. The molecule has 0 fully saturated rings. The van der Waals surface area contributed by atoms with Crippen LogP contribution in [0, 0.1) is 17.2 Å². The number of amides is 1. The summed E-state index contributed by atoms with van der Waals surface area (Å²) in [6.45, 7) is 0. The molecule has 2 atom stereocenters. The second kappa shape index (κ2) is 4.67. The first-order chi connectivity index (χ1) is 10.8. The fourth-order valence-electron chi connectivity index (χ4n) is 2.88. The van der Waals surface area contributed by atoms with Crippen molar-refractivity contribution in [2.24, 2.45) is 5.92 Å². The van der Waals surface area contributed by atoms with Crippen molar-refractivity contribution in [2.75, 3.05) is 5.32 Å². The fraction of sp³-hybridized carbons (Fsp3) is 0.125. The molecule has 0 spiro atoms. The Labute approximate surface area is 126 Å². The molecule has 1 amide bonds. The summed E-state index contributed by atoms with van der Waals surface area (Å²) in [6, 6.07) is 14.7. The van der Waals surface area contributed by atoms with Crippen LogP contribution in [-0.4, -0.2) is 20.4 Å². The number of imidazole rings is 1. The highest BCUT2D eigenvalue weighted by Crippen LogP contribution is 2.36. The second-order valence-electron chi connectivity index (χ2n) is 5.09. The van der Waals surface area contributed by atoms with E-state index >= 15 is 0 Å². The number of nitrogens with zero attached hydrogens (tertiary/aromatic N) is 4. The minimum absolute atomic E-state index is 0.346. The molecule has 6 heteroatoms. The average Bonchev–Trinajstić information content (AvgIpc) is 2.92. The summed E-state index contributed by atoms with van der Waals surface area (Å²) in [4.78, 5) is 21.0. The van der Waals surface area contributed by atoms with E-state index in [0.29, 0.717) is 11.6 Å². The molecule has 22 heavy (non-hydrogen) atoms. The van der Waals surface area contributed by atoms with Gasteiger partial charge in [-0.15, -0.1) is 0 Å². The number of aromatic nitrogens is 3. The number of fused-ring (bicyclic) bond motifs is 3. The van der Waals surface area contributed by atoms with E-state index in [-0.39, 0.29) is 5.91 Å². The van der Waals surface area contributed by atoms with Crippen LogP contribution in [0.3, 0.4) is 0 Å². The van der Waals surface area contributed by atoms with Gasteiger partial charge in [0.1, 0.15) is 6.04 Å². The van der Waals surface area contributed by atoms with Gasteiger partial charge in [-0.25, -0.2) is 4.98 Å². The minimum atomic E-state index is -0.847. The van der Waals surface area contributed by atoms with Crippen molar-refractivity contribution in [1.82, 2.24) is 14.5 Å². The number of hydrogen-bond donors (Lipinski definition) is 1. The molecule has 2 aromatic heterocycles. The number of carbonyl (C=O) groups excluding carboxylic acids is 1. The van der Waals surface area contributed by atoms with E-state index < -0.39 is 12.0 Å². The molecular weight excluding hydrogens is 278 g/mol. The van der Waals surface area contributed by atoms with Gasteiger partial charge in [0.05, 0.1) is 22.8 Å². The molecule has 0 radical (unpaired) electrons. The van der Waals surface area contributed by atoms with Crippen LogP contribution < -0.4 is 5.32 Å². The number of para-hydroxylation sites is 2. The maximum Gasteiger partial charge on any atom is 0.246 e. The number of nitrogens with one attached hydrogen (secondary N) is 1. The highest BCUT2D eigenvalue weighted by atomic mass is 16.2. The third kappa shape index (κ3) is 1.69. The number of carbonyl (C=O) groups is 1. The van der Waals surface area contributed by atoms with Gasteiger partial charge >= 0.3 is 0 Å². The van der Waals surface area contributed by atoms with Gasteiger partial charge in [-0.05, 0) is 24.3 Å². The second-order valence-corrected chi connectivity index (χ2v) is 5.09. The van der Waals surface area contributed by atoms with Crippen LogP contribution in [0.15, 0.2) is 48.7 Å².